The summed E-state index contributed by atoms with van der Waals surface area (Å²) in [6.07, 6.45) is 6.86. The largest absolute Gasteiger partial charge is 0.465 e. The maximum atomic E-state index is 13.2. The van der Waals surface area contributed by atoms with Crippen LogP contribution in [0.2, 0.25) is 0 Å². The normalized spacial score (nSPS) is 14.3. The number of benzene rings is 1. The fraction of sp³-hybridized carbons (Fsp3) is 0.321. The first-order chi connectivity index (χ1) is 19.5. The number of nitrogens with zero attached hydrogens (tertiary/aromatic N) is 7. The molecule has 214 valence electrons. The Labute approximate surface area is 237 Å². The van der Waals surface area contributed by atoms with Crippen molar-refractivity contribution in [1.82, 2.24) is 29.2 Å². The molecule has 0 atom stereocenters. The molecule has 0 radical (unpaired) electrons. The molecular formula is C28H32N8O4S. The Balaban J connectivity index is 1.48. The average molecular weight is 577 g/mol. The van der Waals surface area contributed by atoms with Crippen molar-refractivity contribution in [1.29, 1.82) is 0 Å². The first-order valence-corrected chi connectivity index (χ1v) is 15.5. The van der Waals surface area contributed by atoms with E-state index >= 15 is 0 Å². The highest BCUT2D eigenvalue weighted by molar-refractivity contribution is 7.92. The summed E-state index contributed by atoms with van der Waals surface area (Å²) in [7, 11) is -2.44. The second-order valence-electron chi connectivity index (χ2n) is 10.3. The first-order valence-electron chi connectivity index (χ1n) is 13.1. The van der Waals surface area contributed by atoms with Crippen molar-refractivity contribution in [3.8, 4) is 5.82 Å². The Hall–Kier alpha value is -4.52. The molecule has 5 rings (SSSR count). The lowest BCUT2D eigenvalue weighted by Gasteiger charge is -2.31. The third kappa shape index (κ3) is 5.99. The van der Waals surface area contributed by atoms with Crippen LogP contribution in [0.5, 0.6) is 0 Å². The summed E-state index contributed by atoms with van der Waals surface area (Å²) in [5.41, 5.74) is 3.14. The summed E-state index contributed by atoms with van der Waals surface area (Å²) in [6, 6.07) is 11.1. The van der Waals surface area contributed by atoms with Gasteiger partial charge in [-0.15, -0.1) is 6.58 Å². The molecule has 13 heteroatoms. The second-order valence-corrected chi connectivity index (χ2v) is 12.8. The number of likely N-dealkylation sites (tertiary alicyclic amines) is 1. The zero-order valence-corrected chi connectivity index (χ0v) is 24.0. The van der Waals surface area contributed by atoms with Crippen molar-refractivity contribution in [3.05, 3.63) is 76.7 Å². The lowest BCUT2D eigenvalue weighted by molar-refractivity contribution is 0.132. The van der Waals surface area contributed by atoms with E-state index in [2.05, 4.69) is 37.3 Å². The average Bonchev–Trinajstić information content (AvgIpc) is 3.19. The first kappa shape index (κ1) is 28.0. The van der Waals surface area contributed by atoms with Gasteiger partial charge in [0.15, 0.2) is 17.3 Å². The quantitative estimate of drug-likeness (QED) is 0.307. The predicted molar refractivity (Wildman–Crippen MR) is 159 cm³/mol. The number of piperidine rings is 1. The molecule has 1 aliphatic heterocycles. The van der Waals surface area contributed by atoms with Crippen molar-refractivity contribution in [2.45, 2.75) is 32.2 Å². The van der Waals surface area contributed by atoms with Crippen molar-refractivity contribution in [2.24, 2.45) is 4.36 Å². The third-order valence-electron chi connectivity index (χ3n) is 6.96. The van der Waals surface area contributed by atoms with E-state index in [-0.39, 0.29) is 17.9 Å². The fourth-order valence-electron chi connectivity index (χ4n) is 5.14. The Morgan fingerprint density at radius 2 is 1.98 bits per heavy atom. The highest BCUT2D eigenvalue weighted by Gasteiger charge is 2.24. The topological polar surface area (TPSA) is 148 Å². The van der Waals surface area contributed by atoms with E-state index in [0.29, 0.717) is 41.8 Å². The molecule has 41 heavy (non-hydrogen) atoms. The van der Waals surface area contributed by atoms with Crippen LogP contribution in [0.4, 0.5) is 22.2 Å². The highest BCUT2D eigenvalue weighted by Crippen LogP contribution is 2.32. The predicted octanol–water partition coefficient (Wildman–Crippen LogP) is 4.43. The number of hydrogen-bond acceptors (Lipinski definition) is 8. The molecule has 1 amide bonds. The van der Waals surface area contributed by atoms with Crippen LogP contribution in [0.15, 0.2) is 64.4 Å². The molecule has 12 nitrogen and oxygen atoms in total. The van der Waals surface area contributed by atoms with Crippen LogP contribution in [0.3, 0.4) is 0 Å². The zero-order valence-electron chi connectivity index (χ0n) is 23.1. The van der Waals surface area contributed by atoms with E-state index in [4.69, 9.17) is 0 Å². The maximum Gasteiger partial charge on any atom is 0.407 e. The molecule has 0 spiro atoms. The summed E-state index contributed by atoms with van der Waals surface area (Å²) in [6.45, 7) is 7.09. The molecule has 4 heterocycles. The van der Waals surface area contributed by atoms with Gasteiger partial charge in [0.25, 0.3) is 5.56 Å². The van der Waals surface area contributed by atoms with Gasteiger partial charge in [-0.2, -0.15) is 9.35 Å². The molecule has 1 fully saturated rings. The lowest BCUT2D eigenvalue weighted by atomic mass is 9.87. The van der Waals surface area contributed by atoms with E-state index in [1.165, 1.54) is 33.9 Å². The molecule has 1 aromatic carbocycles. The van der Waals surface area contributed by atoms with Crippen LogP contribution in [-0.2, 0) is 16.3 Å². The number of carbonyl (C=O) groups is 1. The van der Waals surface area contributed by atoms with Crippen LogP contribution < -0.4 is 10.9 Å². The van der Waals surface area contributed by atoms with Crippen LogP contribution >= 0.6 is 0 Å². The van der Waals surface area contributed by atoms with Gasteiger partial charge in [-0.25, -0.2) is 28.3 Å². The third-order valence-corrected chi connectivity index (χ3v) is 7.59. The fourth-order valence-corrected chi connectivity index (χ4v) is 5.69. The Morgan fingerprint density at radius 3 is 2.63 bits per heavy atom. The number of nitrogens with one attached hydrogen (secondary N) is 1. The van der Waals surface area contributed by atoms with Crippen LogP contribution in [0, 0.1) is 6.92 Å². The Bertz CT molecular complexity index is 1820. The van der Waals surface area contributed by atoms with E-state index in [9.17, 15) is 18.9 Å². The smallest absolute Gasteiger partial charge is 0.407 e. The summed E-state index contributed by atoms with van der Waals surface area (Å²) in [4.78, 5) is 39.6. The molecule has 0 bridgehead atoms. The van der Waals surface area contributed by atoms with Crippen LogP contribution in [0.1, 0.15) is 29.9 Å². The van der Waals surface area contributed by atoms with Gasteiger partial charge >= 0.3 is 6.09 Å². The number of carboxylic acid groups (broad SMARTS) is 1. The van der Waals surface area contributed by atoms with Crippen molar-refractivity contribution in [2.75, 3.05) is 30.9 Å². The summed E-state index contributed by atoms with van der Waals surface area (Å²) in [5.74, 6) is 1.28. The minimum Gasteiger partial charge on any atom is -0.465 e. The van der Waals surface area contributed by atoms with Crippen molar-refractivity contribution >= 4 is 44.3 Å². The molecule has 3 aromatic heterocycles. The molecule has 0 aliphatic carbocycles. The number of fused-ring (bicyclic) bond motifs is 1. The van der Waals surface area contributed by atoms with Crippen LogP contribution in [-0.4, -0.2) is 70.2 Å². The monoisotopic (exact) mass is 576 g/mol. The minimum atomic E-state index is -2.44. The summed E-state index contributed by atoms with van der Waals surface area (Å²) in [5, 5.41) is 12.8. The molecule has 1 saturated heterocycles. The standard InChI is InChI=1S/C28H32N8O4S/c1-5-13-35-26(37)22-17-29-27(32-25(22)36(35)24-8-6-7-23(31-24)33-41(3,4)40)30-20-9-10-21(18(2)16-20)19-11-14-34(15-12-19)28(38)39/h5-10,16-17,19H,1,11-15H2,2-4H3,(H,38,39)(H,29,30,32). The van der Waals surface area contributed by atoms with Gasteiger partial charge in [-0.3, -0.25) is 4.79 Å². The Morgan fingerprint density at radius 1 is 1.22 bits per heavy atom. The molecule has 1 aliphatic rings. The number of hydrogen-bond donors (Lipinski definition) is 2. The lowest BCUT2D eigenvalue weighted by Crippen LogP contribution is -2.36. The van der Waals surface area contributed by atoms with E-state index in [1.54, 1.807) is 29.0 Å². The SMILES string of the molecule is C=CCn1c(=O)c2cnc(Nc3ccc(C4CCN(C(=O)O)CC4)c(C)c3)nc2n1-c1cccc(N=S(C)(C)=O)n1. The number of allylic oxidation sites excluding steroid dienone is 1. The molecule has 0 unspecified atom stereocenters. The summed E-state index contributed by atoms with van der Waals surface area (Å²) >= 11 is 0. The van der Waals surface area contributed by atoms with Gasteiger partial charge in [-0.05, 0) is 61.1 Å². The minimum absolute atomic E-state index is 0.214. The molecular weight excluding hydrogens is 544 g/mol. The van der Waals surface area contributed by atoms with Gasteiger partial charge in [-0.1, -0.05) is 18.2 Å². The number of anilines is 2. The number of aryl methyl sites for hydroxylation is 1. The van der Waals surface area contributed by atoms with Crippen LogP contribution in [0.25, 0.3) is 16.9 Å². The highest BCUT2D eigenvalue weighted by atomic mass is 32.2. The van der Waals surface area contributed by atoms with Crippen molar-refractivity contribution < 1.29 is 14.1 Å². The second kappa shape index (κ2) is 11.2. The Kier molecular flexibility index (Phi) is 7.63. The van der Waals surface area contributed by atoms with E-state index < -0.39 is 15.8 Å². The van der Waals surface area contributed by atoms with E-state index in [1.807, 2.05) is 19.1 Å². The van der Waals surface area contributed by atoms with Gasteiger partial charge < -0.3 is 15.3 Å². The zero-order chi connectivity index (χ0) is 29.3. The van der Waals surface area contributed by atoms with E-state index in [0.717, 1.165) is 24.1 Å². The van der Waals surface area contributed by atoms with Gasteiger partial charge in [0.2, 0.25) is 5.95 Å². The van der Waals surface area contributed by atoms with Gasteiger partial charge in [0.05, 0.1) is 6.54 Å². The van der Waals surface area contributed by atoms with Gasteiger partial charge in [0, 0.05) is 47.2 Å². The van der Waals surface area contributed by atoms with Crippen molar-refractivity contribution in [3.63, 3.8) is 0 Å². The molecule has 0 saturated carbocycles. The molecule has 4 aromatic rings. The van der Waals surface area contributed by atoms with Gasteiger partial charge in [0.1, 0.15) is 5.39 Å². The number of amides is 1. The number of rotatable bonds is 7. The maximum absolute atomic E-state index is 13.2. The summed E-state index contributed by atoms with van der Waals surface area (Å²) < 4.78 is 19.5. The number of pyridine rings is 1. The molecule has 2 N–H and O–H groups in total. The number of aromatic nitrogens is 5.